The SMILES string of the molecule is Cc1nc(-c2ccccc2)sc1C(=O)N1CCNC[C@@H]1C.Cl.Cl. The average molecular weight is 374 g/mol. The molecule has 1 N–H and O–H groups in total. The molecule has 0 unspecified atom stereocenters. The number of piperazine rings is 1. The quantitative estimate of drug-likeness (QED) is 0.877. The van der Waals surface area contributed by atoms with Crippen LogP contribution in [0, 0.1) is 6.92 Å². The lowest BCUT2D eigenvalue weighted by atomic mass is 10.2. The lowest BCUT2D eigenvalue weighted by Crippen LogP contribution is -2.52. The summed E-state index contributed by atoms with van der Waals surface area (Å²) in [5.74, 6) is 0.112. The highest BCUT2D eigenvalue weighted by atomic mass is 35.5. The molecule has 1 saturated heterocycles. The fourth-order valence-electron chi connectivity index (χ4n) is 2.57. The average Bonchev–Trinajstić information content (AvgIpc) is 2.90. The van der Waals surface area contributed by atoms with E-state index in [-0.39, 0.29) is 36.8 Å². The smallest absolute Gasteiger partial charge is 0.266 e. The number of aromatic nitrogens is 1. The van der Waals surface area contributed by atoms with Crippen LogP contribution in [0.4, 0.5) is 0 Å². The Balaban J connectivity index is 0.00000132. The Labute approximate surface area is 153 Å². The van der Waals surface area contributed by atoms with E-state index in [1.54, 1.807) is 0 Å². The predicted octanol–water partition coefficient (Wildman–Crippen LogP) is 3.40. The van der Waals surface area contributed by atoms with Crippen molar-refractivity contribution < 1.29 is 4.79 Å². The van der Waals surface area contributed by atoms with Crippen molar-refractivity contribution in [1.29, 1.82) is 0 Å². The van der Waals surface area contributed by atoms with Crippen LogP contribution in [0.25, 0.3) is 10.6 Å². The van der Waals surface area contributed by atoms with Crippen molar-refractivity contribution in [3.63, 3.8) is 0 Å². The van der Waals surface area contributed by atoms with Gasteiger partial charge in [-0.3, -0.25) is 4.79 Å². The summed E-state index contributed by atoms with van der Waals surface area (Å²) in [6.45, 7) is 6.48. The van der Waals surface area contributed by atoms with Gasteiger partial charge in [0.1, 0.15) is 9.88 Å². The first kappa shape index (κ1) is 19.9. The second-order valence-electron chi connectivity index (χ2n) is 5.35. The van der Waals surface area contributed by atoms with Crippen molar-refractivity contribution in [2.75, 3.05) is 19.6 Å². The number of hydrogen-bond donors (Lipinski definition) is 1. The maximum atomic E-state index is 12.7. The molecule has 1 aliphatic rings. The third-order valence-electron chi connectivity index (χ3n) is 3.77. The largest absolute Gasteiger partial charge is 0.333 e. The molecular weight excluding hydrogens is 353 g/mol. The first-order chi connectivity index (χ1) is 10.2. The van der Waals surface area contributed by atoms with E-state index in [9.17, 15) is 4.79 Å². The summed E-state index contributed by atoms with van der Waals surface area (Å²) in [5.41, 5.74) is 1.90. The Morgan fingerprint density at radius 3 is 2.65 bits per heavy atom. The van der Waals surface area contributed by atoms with Crippen molar-refractivity contribution in [2.24, 2.45) is 0 Å². The number of nitrogens with zero attached hydrogens (tertiary/aromatic N) is 2. The van der Waals surface area contributed by atoms with E-state index in [0.717, 1.165) is 40.8 Å². The number of carbonyl (C=O) groups excluding carboxylic acids is 1. The van der Waals surface area contributed by atoms with Gasteiger partial charge in [-0.2, -0.15) is 0 Å². The van der Waals surface area contributed by atoms with Gasteiger partial charge in [0.05, 0.1) is 5.69 Å². The zero-order valence-electron chi connectivity index (χ0n) is 13.1. The summed E-state index contributed by atoms with van der Waals surface area (Å²) in [5, 5.41) is 4.23. The zero-order valence-corrected chi connectivity index (χ0v) is 15.6. The molecule has 7 heteroatoms. The van der Waals surface area contributed by atoms with E-state index < -0.39 is 0 Å². The van der Waals surface area contributed by atoms with Crippen LogP contribution in [-0.4, -0.2) is 41.5 Å². The van der Waals surface area contributed by atoms with Crippen molar-refractivity contribution in [1.82, 2.24) is 15.2 Å². The first-order valence-electron chi connectivity index (χ1n) is 7.21. The fraction of sp³-hybridized carbons (Fsp3) is 0.375. The summed E-state index contributed by atoms with van der Waals surface area (Å²) >= 11 is 1.49. The zero-order chi connectivity index (χ0) is 14.8. The Morgan fingerprint density at radius 2 is 2.00 bits per heavy atom. The maximum absolute atomic E-state index is 12.7. The van der Waals surface area contributed by atoms with Crippen LogP contribution in [0.5, 0.6) is 0 Å². The van der Waals surface area contributed by atoms with E-state index in [1.807, 2.05) is 42.2 Å². The second-order valence-corrected chi connectivity index (χ2v) is 6.35. The van der Waals surface area contributed by atoms with Gasteiger partial charge in [0.15, 0.2) is 0 Å². The molecule has 3 rings (SSSR count). The highest BCUT2D eigenvalue weighted by molar-refractivity contribution is 7.17. The molecule has 0 aliphatic carbocycles. The van der Waals surface area contributed by atoms with Crippen LogP contribution in [0.15, 0.2) is 30.3 Å². The Bertz CT molecular complexity index is 648. The molecule has 1 aromatic carbocycles. The van der Waals surface area contributed by atoms with E-state index >= 15 is 0 Å². The Hall–Kier alpha value is -1.14. The summed E-state index contributed by atoms with van der Waals surface area (Å²) in [4.78, 5) is 20.0. The van der Waals surface area contributed by atoms with Crippen LogP contribution in [0.1, 0.15) is 22.3 Å². The molecule has 126 valence electrons. The molecule has 4 nitrogen and oxygen atoms in total. The van der Waals surface area contributed by atoms with Crippen molar-refractivity contribution in [2.45, 2.75) is 19.9 Å². The topological polar surface area (TPSA) is 45.2 Å². The molecule has 1 amide bonds. The van der Waals surface area contributed by atoms with Gasteiger partial charge in [0, 0.05) is 31.2 Å². The van der Waals surface area contributed by atoms with E-state index in [0.29, 0.717) is 0 Å². The molecule has 1 aliphatic heterocycles. The number of thiazole rings is 1. The van der Waals surface area contributed by atoms with Crippen molar-refractivity contribution >= 4 is 42.1 Å². The van der Waals surface area contributed by atoms with Crippen LogP contribution in [0.2, 0.25) is 0 Å². The van der Waals surface area contributed by atoms with Gasteiger partial charge in [-0.1, -0.05) is 30.3 Å². The summed E-state index contributed by atoms with van der Waals surface area (Å²) in [6.07, 6.45) is 0. The number of nitrogens with one attached hydrogen (secondary N) is 1. The van der Waals surface area contributed by atoms with E-state index in [1.165, 1.54) is 11.3 Å². The van der Waals surface area contributed by atoms with Crippen LogP contribution in [-0.2, 0) is 0 Å². The second kappa shape index (κ2) is 8.64. The minimum absolute atomic E-state index is 0. The number of hydrogen-bond acceptors (Lipinski definition) is 4. The third kappa shape index (κ3) is 4.23. The van der Waals surface area contributed by atoms with Gasteiger partial charge in [0.25, 0.3) is 5.91 Å². The number of rotatable bonds is 2. The van der Waals surface area contributed by atoms with Crippen molar-refractivity contribution in [3.8, 4) is 10.6 Å². The highest BCUT2D eigenvalue weighted by Gasteiger charge is 2.27. The van der Waals surface area contributed by atoms with Crippen LogP contribution in [0.3, 0.4) is 0 Å². The van der Waals surface area contributed by atoms with Gasteiger partial charge in [-0.15, -0.1) is 36.2 Å². The lowest BCUT2D eigenvalue weighted by Gasteiger charge is -2.33. The minimum Gasteiger partial charge on any atom is -0.333 e. The molecule has 23 heavy (non-hydrogen) atoms. The normalized spacial score (nSPS) is 17.1. The molecule has 2 aromatic rings. The van der Waals surface area contributed by atoms with Gasteiger partial charge < -0.3 is 10.2 Å². The molecular formula is C16H21Cl2N3OS. The predicted molar refractivity (Wildman–Crippen MR) is 100 cm³/mol. The summed E-state index contributed by atoms with van der Waals surface area (Å²) < 4.78 is 0. The molecule has 2 heterocycles. The molecule has 0 radical (unpaired) electrons. The third-order valence-corrected chi connectivity index (χ3v) is 4.97. The van der Waals surface area contributed by atoms with Gasteiger partial charge in [-0.05, 0) is 13.8 Å². The Kier molecular flexibility index (Phi) is 7.48. The number of amides is 1. The number of halogens is 2. The fourth-order valence-corrected chi connectivity index (χ4v) is 3.60. The lowest BCUT2D eigenvalue weighted by molar-refractivity contribution is 0.0660. The van der Waals surface area contributed by atoms with Crippen molar-refractivity contribution in [3.05, 3.63) is 40.9 Å². The Morgan fingerprint density at radius 1 is 1.30 bits per heavy atom. The number of aryl methyl sites for hydroxylation is 1. The number of benzene rings is 1. The number of carbonyl (C=O) groups is 1. The molecule has 1 atom stereocenters. The summed E-state index contributed by atoms with van der Waals surface area (Å²) in [6, 6.07) is 10.3. The molecule has 0 saturated carbocycles. The standard InChI is InChI=1S/C16H19N3OS.2ClH/c1-11-10-17-8-9-19(11)16(20)14-12(2)18-15(21-14)13-6-4-3-5-7-13;;/h3-7,11,17H,8-10H2,1-2H3;2*1H/t11-;;/m0../s1. The molecule has 1 fully saturated rings. The molecule has 1 aromatic heterocycles. The maximum Gasteiger partial charge on any atom is 0.266 e. The monoisotopic (exact) mass is 373 g/mol. The summed E-state index contributed by atoms with van der Waals surface area (Å²) in [7, 11) is 0. The minimum atomic E-state index is 0. The molecule has 0 bridgehead atoms. The van der Waals surface area contributed by atoms with E-state index in [2.05, 4.69) is 17.2 Å². The van der Waals surface area contributed by atoms with Gasteiger partial charge >= 0.3 is 0 Å². The van der Waals surface area contributed by atoms with Crippen LogP contribution < -0.4 is 5.32 Å². The van der Waals surface area contributed by atoms with Gasteiger partial charge in [0.2, 0.25) is 0 Å². The van der Waals surface area contributed by atoms with Gasteiger partial charge in [-0.25, -0.2) is 4.98 Å². The van der Waals surface area contributed by atoms with E-state index in [4.69, 9.17) is 0 Å². The highest BCUT2D eigenvalue weighted by Crippen LogP contribution is 2.29. The first-order valence-corrected chi connectivity index (χ1v) is 8.03. The molecule has 0 spiro atoms. The van der Waals surface area contributed by atoms with Crippen LogP contribution >= 0.6 is 36.2 Å².